The molecule has 7 nitrogen and oxygen atoms in total. The summed E-state index contributed by atoms with van der Waals surface area (Å²) in [5.41, 5.74) is -0.102. The molecule has 3 heterocycles. The number of aliphatic imine (C=N–C) groups is 1. The van der Waals surface area contributed by atoms with Crippen LogP contribution in [0, 0.1) is 0 Å². The van der Waals surface area contributed by atoms with E-state index in [1.807, 2.05) is 28.8 Å². The number of guanidine groups is 1. The van der Waals surface area contributed by atoms with Crippen molar-refractivity contribution in [3.63, 3.8) is 0 Å². The number of rotatable bonds is 5. The van der Waals surface area contributed by atoms with Gasteiger partial charge in [-0.25, -0.2) is 4.98 Å². The first kappa shape index (κ1) is 21.3. The molecule has 0 radical (unpaired) electrons. The largest absolute Gasteiger partial charge is 0.434 e. The van der Waals surface area contributed by atoms with Gasteiger partial charge in [-0.15, -0.1) is 45.5 Å². The van der Waals surface area contributed by atoms with Crippen LogP contribution in [0.4, 0.5) is 13.2 Å². The monoisotopic (exact) mass is 511 g/mol. The van der Waals surface area contributed by atoms with Crippen molar-refractivity contribution in [3.8, 4) is 0 Å². The van der Waals surface area contributed by atoms with Gasteiger partial charge in [-0.05, 0) is 12.1 Å². The molecule has 3 rings (SSSR count). The molecule has 0 amide bonds. The van der Waals surface area contributed by atoms with E-state index in [1.54, 1.807) is 7.05 Å². The van der Waals surface area contributed by atoms with E-state index in [4.69, 9.17) is 0 Å². The van der Waals surface area contributed by atoms with Gasteiger partial charge in [0.05, 0.1) is 11.6 Å². The smallest absolute Gasteiger partial charge is 0.356 e. The number of nitrogens with zero attached hydrogens (tertiary/aromatic N) is 5. The van der Waals surface area contributed by atoms with Crippen LogP contribution in [-0.4, -0.2) is 39.1 Å². The van der Waals surface area contributed by atoms with Crippen molar-refractivity contribution in [2.24, 2.45) is 4.99 Å². The zero-order chi connectivity index (χ0) is 18.6. The Balaban J connectivity index is 0.00000261. The van der Waals surface area contributed by atoms with Crippen LogP contribution in [0.2, 0.25) is 0 Å². The van der Waals surface area contributed by atoms with Crippen molar-refractivity contribution in [3.05, 3.63) is 46.3 Å². The van der Waals surface area contributed by atoms with Gasteiger partial charge < -0.3 is 10.6 Å². The van der Waals surface area contributed by atoms with Crippen LogP contribution in [0.25, 0.3) is 5.65 Å². The van der Waals surface area contributed by atoms with E-state index in [-0.39, 0.29) is 24.0 Å². The fourth-order valence-electron chi connectivity index (χ4n) is 2.24. The number of thiazole rings is 1. The van der Waals surface area contributed by atoms with Gasteiger partial charge in [-0.3, -0.25) is 9.39 Å². The second kappa shape index (κ2) is 9.30. The molecule has 0 spiro atoms. The lowest BCUT2D eigenvalue weighted by atomic mass is 10.4. The Morgan fingerprint density at radius 1 is 1.26 bits per heavy atom. The minimum Gasteiger partial charge on any atom is -0.356 e. The van der Waals surface area contributed by atoms with Crippen LogP contribution in [0.15, 0.2) is 34.8 Å². The maximum atomic E-state index is 12.5. The zero-order valence-electron chi connectivity index (χ0n) is 14.2. The second-order valence-electron chi connectivity index (χ2n) is 5.27. The Hall–Kier alpha value is -1.96. The number of halogens is 4. The quantitative estimate of drug-likeness (QED) is 0.313. The zero-order valence-corrected chi connectivity index (χ0v) is 17.3. The third kappa shape index (κ3) is 5.51. The van der Waals surface area contributed by atoms with Crippen molar-refractivity contribution >= 4 is 46.9 Å². The first-order valence-corrected chi connectivity index (χ1v) is 8.60. The molecular formula is C15H17F3IN7S. The van der Waals surface area contributed by atoms with Crippen molar-refractivity contribution in [1.29, 1.82) is 0 Å². The van der Waals surface area contributed by atoms with Gasteiger partial charge in [0.25, 0.3) is 0 Å². The minimum atomic E-state index is -4.40. The third-order valence-corrected chi connectivity index (χ3v) is 4.40. The van der Waals surface area contributed by atoms with E-state index >= 15 is 0 Å². The van der Waals surface area contributed by atoms with E-state index in [1.165, 1.54) is 0 Å². The van der Waals surface area contributed by atoms with Crippen molar-refractivity contribution < 1.29 is 13.2 Å². The molecule has 3 aromatic rings. The second-order valence-corrected chi connectivity index (χ2v) is 6.21. The van der Waals surface area contributed by atoms with Gasteiger partial charge in [0.15, 0.2) is 23.1 Å². The predicted molar refractivity (Wildman–Crippen MR) is 107 cm³/mol. The SMILES string of the molecule is CN=C(NCCc1nc(C(F)(F)F)cs1)NCc1nnc2ccccn12.I. The molecule has 0 unspecified atom stereocenters. The molecular weight excluding hydrogens is 494 g/mol. The molecule has 0 aliphatic heterocycles. The first-order chi connectivity index (χ1) is 12.5. The van der Waals surface area contributed by atoms with Gasteiger partial charge in [0, 0.05) is 31.6 Å². The average molecular weight is 511 g/mol. The van der Waals surface area contributed by atoms with Gasteiger partial charge >= 0.3 is 6.18 Å². The number of alkyl halides is 3. The normalized spacial score (nSPS) is 12.1. The summed E-state index contributed by atoms with van der Waals surface area (Å²) in [6, 6.07) is 5.62. The van der Waals surface area contributed by atoms with Crippen LogP contribution in [0.3, 0.4) is 0 Å². The Labute approximate surface area is 174 Å². The van der Waals surface area contributed by atoms with E-state index in [9.17, 15) is 13.2 Å². The third-order valence-electron chi connectivity index (χ3n) is 3.50. The molecule has 0 aliphatic carbocycles. The van der Waals surface area contributed by atoms with Crippen LogP contribution in [-0.2, 0) is 19.1 Å². The fourth-order valence-corrected chi connectivity index (χ4v) is 3.04. The molecule has 0 atom stereocenters. The van der Waals surface area contributed by atoms with Gasteiger partial charge in [-0.1, -0.05) is 6.07 Å². The molecule has 0 aliphatic rings. The summed E-state index contributed by atoms with van der Waals surface area (Å²) in [5, 5.41) is 15.8. The molecule has 0 saturated heterocycles. The first-order valence-electron chi connectivity index (χ1n) is 7.72. The van der Waals surface area contributed by atoms with Gasteiger partial charge in [0.2, 0.25) is 0 Å². The van der Waals surface area contributed by atoms with E-state index in [2.05, 4.69) is 30.8 Å². The highest BCUT2D eigenvalue weighted by molar-refractivity contribution is 14.0. The van der Waals surface area contributed by atoms with Crippen molar-refractivity contribution in [2.45, 2.75) is 19.1 Å². The molecule has 146 valence electrons. The van der Waals surface area contributed by atoms with Crippen molar-refractivity contribution in [2.75, 3.05) is 13.6 Å². The highest BCUT2D eigenvalue weighted by atomic mass is 127. The van der Waals surface area contributed by atoms with Crippen LogP contribution in [0.5, 0.6) is 0 Å². The lowest BCUT2D eigenvalue weighted by Gasteiger charge is -2.10. The van der Waals surface area contributed by atoms with Crippen LogP contribution < -0.4 is 10.6 Å². The van der Waals surface area contributed by atoms with Gasteiger partial charge in [0.1, 0.15) is 0 Å². The Morgan fingerprint density at radius 3 is 2.78 bits per heavy atom. The number of pyridine rings is 1. The summed E-state index contributed by atoms with van der Waals surface area (Å²) in [6.07, 6.45) is -2.17. The number of nitrogens with one attached hydrogen (secondary N) is 2. The minimum absolute atomic E-state index is 0. The molecule has 0 bridgehead atoms. The Kier molecular flexibility index (Phi) is 7.35. The maximum absolute atomic E-state index is 12.5. The molecule has 0 fully saturated rings. The molecule has 2 N–H and O–H groups in total. The summed E-state index contributed by atoms with van der Waals surface area (Å²) < 4.78 is 39.5. The lowest BCUT2D eigenvalue weighted by molar-refractivity contribution is -0.140. The molecule has 3 aromatic heterocycles. The summed E-state index contributed by atoms with van der Waals surface area (Å²) in [7, 11) is 1.61. The van der Waals surface area contributed by atoms with E-state index < -0.39 is 11.9 Å². The topological polar surface area (TPSA) is 79.5 Å². The number of hydrogen-bond acceptors (Lipinski definition) is 5. The highest BCUT2D eigenvalue weighted by Gasteiger charge is 2.33. The number of fused-ring (bicyclic) bond motifs is 1. The summed E-state index contributed by atoms with van der Waals surface area (Å²) in [6.45, 7) is 0.811. The molecule has 12 heteroatoms. The average Bonchev–Trinajstić information content (AvgIpc) is 3.25. The number of hydrogen-bond donors (Lipinski definition) is 2. The fraction of sp³-hybridized carbons (Fsp3) is 0.333. The lowest BCUT2D eigenvalue weighted by Crippen LogP contribution is -2.38. The highest BCUT2D eigenvalue weighted by Crippen LogP contribution is 2.29. The number of aromatic nitrogens is 4. The van der Waals surface area contributed by atoms with Crippen LogP contribution >= 0.6 is 35.3 Å². The van der Waals surface area contributed by atoms with E-state index in [0.717, 1.165) is 28.2 Å². The Bertz CT molecular complexity index is 906. The summed E-state index contributed by atoms with van der Waals surface area (Å²) in [5.74, 6) is 1.24. The maximum Gasteiger partial charge on any atom is 0.434 e. The molecule has 0 saturated carbocycles. The van der Waals surface area contributed by atoms with Crippen molar-refractivity contribution in [1.82, 2.24) is 30.2 Å². The molecule has 0 aromatic carbocycles. The molecule has 27 heavy (non-hydrogen) atoms. The van der Waals surface area contributed by atoms with Gasteiger partial charge in [-0.2, -0.15) is 13.2 Å². The summed E-state index contributed by atoms with van der Waals surface area (Å²) in [4.78, 5) is 7.68. The Morgan fingerprint density at radius 2 is 2.07 bits per heavy atom. The summed E-state index contributed by atoms with van der Waals surface area (Å²) >= 11 is 0.995. The standard InChI is InChI=1S/C15H16F3N7S.HI/c1-19-14(20-6-5-13-22-10(9-26-13)15(16,17)18)21-8-12-24-23-11-4-2-3-7-25(11)12;/h2-4,7,9H,5-6,8H2,1H3,(H2,19,20,21);1H. The van der Waals surface area contributed by atoms with Crippen LogP contribution in [0.1, 0.15) is 16.5 Å². The van der Waals surface area contributed by atoms with E-state index in [0.29, 0.717) is 30.5 Å². The predicted octanol–water partition coefficient (Wildman–Crippen LogP) is 2.73.